The van der Waals surface area contributed by atoms with Crippen LogP contribution in [-0.4, -0.2) is 15.7 Å². The molecule has 0 spiro atoms. The van der Waals surface area contributed by atoms with Crippen LogP contribution in [0.15, 0.2) is 24.2 Å². The first-order valence-electron chi connectivity index (χ1n) is 5.85. The quantitative estimate of drug-likeness (QED) is 0.937. The molecule has 4 nitrogen and oxygen atoms in total. The van der Waals surface area contributed by atoms with Crippen LogP contribution in [0, 0.1) is 0 Å². The number of carbonyl (C=O) groups excluding carboxylic acids is 1. The molecule has 2 aromatic heterocycles. The van der Waals surface area contributed by atoms with Crippen molar-refractivity contribution in [3.63, 3.8) is 0 Å². The zero-order valence-corrected chi connectivity index (χ0v) is 12.1. The highest BCUT2D eigenvalue weighted by Crippen LogP contribution is 2.32. The van der Waals surface area contributed by atoms with Gasteiger partial charge in [-0.25, -0.2) is 0 Å². The van der Waals surface area contributed by atoms with Gasteiger partial charge in [0.25, 0.3) is 5.91 Å². The Morgan fingerprint density at radius 2 is 2.14 bits per heavy atom. The SMILES string of the molecule is C=C(C)c1sccc1NC(=O)c1cn(C)nc1C(F)(F)F. The normalized spacial score (nSPS) is 11.5. The molecule has 0 bridgehead atoms. The maximum absolute atomic E-state index is 12.8. The molecule has 0 aliphatic carbocycles. The lowest BCUT2D eigenvalue weighted by Gasteiger charge is -2.08. The summed E-state index contributed by atoms with van der Waals surface area (Å²) in [6.45, 7) is 5.52. The summed E-state index contributed by atoms with van der Waals surface area (Å²) in [6, 6.07) is 1.62. The summed E-state index contributed by atoms with van der Waals surface area (Å²) in [5.41, 5.74) is -0.546. The Kier molecular flexibility index (Phi) is 3.91. The maximum atomic E-state index is 12.8. The van der Waals surface area contributed by atoms with E-state index in [0.29, 0.717) is 5.69 Å². The highest BCUT2D eigenvalue weighted by molar-refractivity contribution is 7.11. The van der Waals surface area contributed by atoms with Crippen LogP contribution in [0.2, 0.25) is 0 Å². The van der Waals surface area contributed by atoms with E-state index in [1.807, 2.05) is 0 Å². The van der Waals surface area contributed by atoms with E-state index >= 15 is 0 Å². The van der Waals surface area contributed by atoms with Crippen molar-refractivity contribution in [1.82, 2.24) is 9.78 Å². The Morgan fingerprint density at radius 1 is 1.48 bits per heavy atom. The van der Waals surface area contributed by atoms with Gasteiger partial charge in [-0.1, -0.05) is 6.58 Å². The van der Waals surface area contributed by atoms with Crippen molar-refractivity contribution in [2.75, 3.05) is 5.32 Å². The molecule has 0 radical (unpaired) electrons. The number of aryl methyl sites for hydroxylation is 1. The second-order valence-corrected chi connectivity index (χ2v) is 5.38. The van der Waals surface area contributed by atoms with Crippen LogP contribution in [0.25, 0.3) is 5.57 Å². The van der Waals surface area contributed by atoms with E-state index in [-0.39, 0.29) is 0 Å². The third kappa shape index (κ3) is 3.15. The van der Waals surface area contributed by atoms with E-state index in [0.717, 1.165) is 21.3 Å². The Balaban J connectivity index is 2.33. The minimum absolute atomic E-state index is 0.439. The molecule has 2 rings (SSSR count). The molecule has 0 saturated carbocycles. The lowest BCUT2D eigenvalue weighted by molar-refractivity contribution is -0.141. The van der Waals surface area contributed by atoms with Gasteiger partial charge >= 0.3 is 6.18 Å². The summed E-state index contributed by atoms with van der Waals surface area (Å²) < 4.78 is 39.5. The monoisotopic (exact) mass is 315 g/mol. The first-order chi connectivity index (χ1) is 9.70. The fraction of sp³-hybridized carbons (Fsp3) is 0.231. The molecular weight excluding hydrogens is 303 g/mol. The molecule has 2 aromatic rings. The number of hydrogen-bond acceptors (Lipinski definition) is 3. The molecule has 8 heteroatoms. The van der Waals surface area contributed by atoms with Gasteiger partial charge in [0, 0.05) is 13.2 Å². The zero-order chi connectivity index (χ0) is 15.8. The van der Waals surface area contributed by atoms with Gasteiger partial charge in [-0.15, -0.1) is 11.3 Å². The molecule has 0 aliphatic heterocycles. The standard InChI is InChI=1S/C13H12F3N3OS/c1-7(2)10-9(4-5-21-10)17-12(20)8-6-19(3)18-11(8)13(14,15)16/h4-6H,1H2,2-3H3,(H,17,20). The lowest BCUT2D eigenvalue weighted by atomic mass is 10.2. The van der Waals surface area contributed by atoms with Gasteiger partial charge in [0.1, 0.15) is 0 Å². The topological polar surface area (TPSA) is 46.9 Å². The Bertz CT molecular complexity index is 700. The van der Waals surface area contributed by atoms with Crippen molar-refractivity contribution in [3.05, 3.63) is 40.4 Å². The predicted octanol–water partition coefficient (Wildman–Crippen LogP) is 3.79. The number of halogens is 3. The second kappa shape index (κ2) is 5.36. The smallest absolute Gasteiger partial charge is 0.321 e. The lowest BCUT2D eigenvalue weighted by Crippen LogP contribution is -2.18. The number of anilines is 1. The van der Waals surface area contributed by atoms with E-state index < -0.39 is 23.3 Å². The Morgan fingerprint density at radius 3 is 2.71 bits per heavy atom. The van der Waals surface area contributed by atoms with E-state index in [4.69, 9.17) is 0 Å². The molecule has 2 heterocycles. The number of allylic oxidation sites excluding steroid dienone is 1. The third-order valence-electron chi connectivity index (χ3n) is 2.64. The molecule has 0 aliphatic rings. The fourth-order valence-electron chi connectivity index (χ4n) is 1.79. The van der Waals surface area contributed by atoms with Gasteiger partial charge in [-0.3, -0.25) is 9.48 Å². The minimum atomic E-state index is -4.68. The molecule has 112 valence electrons. The van der Waals surface area contributed by atoms with Crippen LogP contribution in [0.1, 0.15) is 27.9 Å². The van der Waals surface area contributed by atoms with Gasteiger partial charge in [-0.05, 0) is 23.9 Å². The predicted molar refractivity (Wildman–Crippen MR) is 75.2 cm³/mol. The third-order valence-corrected chi connectivity index (χ3v) is 3.72. The number of nitrogens with zero attached hydrogens (tertiary/aromatic N) is 2. The number of rotatable bonds is 3. The number of amides is 1. The van der Waals surface area contributed by atoms with E-state index in [9.17, 15) is 18.0 Å². The number of aromatic nitrogens is 2. The highest BCUT2D eigenvalue weighted by atomic mass is 32.1. The molecule has 0 atom stereocenters. The molecule has 21 heavy (non-hydrogen) atoms. The second-order valence-electron chi connectivity index (χ2n) is 4.46. The number of hydrogen-bond donors (Lipinski definition) is 1. The number of nitrogens with one attached hydrogen (secondary N) is 1. The molecule has 1 amide bonds. The Labute approximate surface area is 122 Å². The molecule has 1 N–H and O–H groups in total. The molecule has 0 aromatic carbocycles. The van der Waals surface area contributed by atoms with Crippen molar-refractivity contribution in [1.29, 1.82) is 0 Å². The van der Waals surface area contributed by atoms with Crippen LogP contribution < -0.4 is 5.32 Å². The summed E-state index contributed by atoms with van der Waals surface area (Å²) in [5.74, 6) is -0.851. The zero-order valence-electron chi connectivity index (χ0n) is 11.3. The average molecular weight is 315 g/mol. The molecule has 0 unspecified atom stereocenters. The minimum Gasteiger partial charge on any atom is -0.321 e. The van der Waals surface area contributed by atoms with E-state index in [2.05, 4.69) is 17.0 Å². The van der Waals surface area contributed by atoms with Crippen LogP contribution >= 0.6 is 11.3 Å². The van der Waals surface area contributed by atoms with Gasteiger partial charge in [0.2, 0.25) is 0 Å². The van der Waals surface area contributed by atoms with Crippen molar-refractivity contribution < 1.29 is 18.0 Å². The molecule has 0 fully saturated rings. The van der Waals surface area contributed by atoms with Gasteiger partial charge in [0.05, 0.1) is 16.1 Å². The molecule has 0 saturated heterocycles. The van der Waals surface area contributed by atoms with E-state index in [1.165, 1.54) is 18.4 Å². The summed E-state index contributed by atoms with van der Waals surface area (Å²) >= 11 is 1.35. The average Bonchev–Trinajstić information content (AvgIpc) is 2.94. The van der Waals surface area contributed by atoms with Crippen LogP contribution in [0.4, 0.5) is 18.9 Å². The van der Waals surface area contributed by atoms with Gasteiger partial charge in [-0.2, -0.15) is 18.3 Å². The highest BCUT2D eigenvalue weighted by Gasteiger charge is 2.39. The van der Waals surface area contributed by atoms with Crippen LogP contribution in [0.3, 0.4) is 0 Å². The summed E-state index contributed by atoms with van der Waals surface area (Å²) in [7, 11) is 1.33. The maximum Gasteiger partial charge on any atom is 0.435 e. The largest absolute Gasteiger partial charge is 0.435 e. The first-order valence-corrected chi connectivity index (χ1v) is 6.73. The summed E-state index contributed by atoms with van der Waals surface area (Å²) in [5, 5.41) is 7.51. The number of alkyl halides is 3. The summed E-state index contributed by atoms with van der Waals surface area (Å²) in [4.78, 5) is 12.8. The van der Waals surface area contributed by atoms with Crippen molar-refractivity contribution in [2.24, 2.45) is 7.05 Å². The van der Waals surface area contributed by atoms with Gasteiger partial charge in [0.15, 0.2) is 5.69 Å². The number of carbonyl (C=O) groups is 1. The fourth-order valence-corrected chi connectivity index (χ4v) is 2.58. The van der Waals surface area contributed by atoms with Crippen LogP contribution in [0.5, 0.6) is 0 Å². The summed E-state index contributed by atoms with van der Waals surface area (Å²) in [6.07, 6.45) is -3.63. The van der Waals surface area contributed by atoms with E-state index in [1.54, 1.807) is 18.4 Å². The van der Waals surface area contributed by atoms with Crippen molar-refractivity contribution in [2.45, 2.75) is 13.1 Å². The molecular formula is C13H12F3N3OS. The van der Waals surface area contributed by atoms with Crippen molar-refractivity contribution in [3.8, 4) is 0 Å². The number of thiophene rings is 1. The Hall–Kier alpha value is -2.09. The van der Waals surface area contributed by atoms with Crippen molar-refractivity contribution >= 4 is 28.5 Å². The van der Waals surface area contributed by atoms with Crippen LogP contribution in [-0.2, 0) is 13.2 Å². The van der Waals surface area contributed by atoms with Gasteiger partial charge < -0.3 is 5.32 Å². The first kappa shape index (κ1) is 15.3.